The molecule has 3 aromatic rings. The zero-order valence-corrected chi connectivity index (χ0v) is 16.2. The Morgan fingerprint density at radius 3 is 2.24 bits per heavy atom. The molecule has 3 rings (SSSR count). The minimum atomic E-state index is -2.54. The Kier molecular flexibility index (Phi) is 4.32. The van der Waals surface area contributed by atoms with Crippen LogP contribution in [0.1, 0.15) is 0 Å². The molecule has 21 heavy (non-hydrogen) atoms. The molecule has 0 aliphatic heterocycles. The number of hydrogen-bond donors (Lipinski definition) is 0. The Hall–Kier alpha value is -0.560. The van der Waals surface area contributed by atoms with Crippen LogP contribution in [0.5, 0.6) is 0 Å². The van der Waals surface area contributed by atoms with Crippen molar-refractivity contribution in [3.8, 4) is 5.69 Å². The van der Waals surface area contributed by atoms with Crippen molar-refractivity contribution in [3.05, 3.63) is 60.7 Å². The second-order valence-corrected chi connectivity index (χ2v) is 12.7. The standard InChI is InChI=1S/C15H10Br3NOS/c16-15(17)21(18,20)14-10-11-6-4-5-9-13(11)19(14)12-7-2-1-3-8-12/h1-10H. The summed E-state index contributed by atoms with van der Waals surface area (Å²) in [6.45, 7) is 0. The van der Waals surface area contributed by atoms with Gasteiger partial charge in [-0.25, -0.2) is 4.21 Å². The summed E-state index contributed by atoms with van der Waals surface area (Å²) >= 11 is 9.95. The summed E-state index contributed by atoms with van der Waals surface area (Å²) in [4.78, 5) is 0. The third-order valence-electron chi connectivity index (χ3n) is 3.16. The highest BCUT2D eigenvalue weighted by atomic mass is 79.9. The van der Waals surface area contributed by atoms with Gasteiger partial charge in [0.25, 0.3) is 0 Å². The highest BCUT2D eigenvalue weighted by Crippen LogP contribution is 2.33. The lowest BCUT2D eigenvalue weighted by Crippen LogP contribution is -2.05. The molecule has 6 heteroatoms. The smallest absolute Gasteiger partial charge is 0.129 e. The van der Waals surface area contributed by atoms with Crippen LogP contribution in [0.2, 0.25) is 0 Å². The topological polar surface area (TPSA) is 22.0 Å². The van der Waals surface area contributed by atoms with Gasteiger partial charge < -0.3 is 4.57 Å². The SMILES string of the molecule is O=S(Br)(=C(Br)Br)c1cc2ccccc2n1-c1ccccc1. The number of nitrogens with zero attached hydrogens (tertiary/aromatic N) is 1. The van der Waals surface area contributed by atoms with Crippen LogP contribution in [0.25, 0.3) is 16.6 Å². The Labute approximate surface area is 147 Å². The average molecular weight is 492 g/mol. The second-order valence-electron chi connectivity index (χ2n) is 4.42. The van der Waals surface area contributed by atoms with E-state index in [4.69, 9.17) is 0 Å². The van der Waals surface area contributed by atoms with Gasteiger partial charge in [0.2, 0.25) is 0 Å². The monoisotopic (exact) mass is 489 g/mol. The van der Waals surface area contributed by atoms with Gasteiger partial charge in [-0.1, -0.05) is 36.4 Å². The number of halogens is 3. The van der Waals surface area contributed by atoms with Gasteiger partial charge in [-0.15, -0.1) is 0 Å². The van der Waals surface area contributed by atoms with Crippen molar-refractivity contribution in [2.45, 2.75) is 5.03 Å². The van der Waals surface area contributed by atoms with Crippen molar-refractivity contribution in [1.82, 2.24) is 4.57 Å². The van der Waals surface area contributed by atoms with E-state index in [0.717, 1.165) is 16.6 Å². The lowest BCUT2D eigenvalue weighted by atomic mass is 10.2. The number of hydrogen-bond acceptors (Lipinski definition) is 1. The Morgan fingerprint density at radius 1 is 0.952 bits per heavy atom. The minimum absolute atomic E-state index is 0.488. The van der Waals surface area contributed by atoms with E-state index < -0.39 is 7.96 Å². The van der Waals surface area contributed by atoms with Crippen LogP contribution in [0, 0.1) is 0 Å². The van der Waals surface area contributed by atoms with Crippen molar-refractivity contribution < 1.29 is 4.21 Å². The first-order chi connectivity index (χ1) is 10.0. The Balaban J connectivity index is 2.47. The molecule has 0 bridgehead atoms. The molecule has 0 aliphatic carbocycles. The van der Waals surface area contributed by atoms with Gasteiger partial charge in [0, 0.05) is 25.9 Å². The van der Waals surface area contributed by atoms with Crippen LogP contribution in [0.3, 0.4) is 0 Å². The van der Waals surface area contributed by atoms with Gasteiger partial charge >= 0.3 is 0 Å². The van der Waals surface area contributed by atoms with E-state index in [1.54, 1.807) is 0 Å². The van der Waals surface area contributed by atoms with Crippen LogP contribution < -0.4 is 0 Å². The highest BCUT2D eigenvalue weighted by molar-refractivity contribution is 9.55. The maximum atomic E-state index is 13.0. The molecule has 0 N–H and O–H groups in total. The van der Waals surface area contributed by atoms with E-state index in [9.17, 15) is 4.21 Å². The first kappa shape index (κ1) is 15.3. The fourth-order valence-corrected chi connectivity index (χ4v) is 4.83. The summed E-state index contributed by atoms with van der Waals surface area (Å²) in [5.74, 6) is 0. The minimum Gasteiger partial charge on any atom is -0.302 e. The van der Waals surface area contributed by atoms with Gasteiger partial charge in [-0.3, -0.25) is 0 Å². The number of para-hydroxylation sites is 2. The van der Waals surface area contributed by atoms with Gasteiger partial charge in [-0.05, 0) is 56.1 Å². The van der Waals surface area contributed by atoms with Crippen molar-refractivity contribution in [3.63, 3.8) is 0 Å². The van der Waals surface area contributed by atoms with Crippen molar-refractivity contribution in [1.29, 1.82) is 0 Å². The van der Waals surface area contributed by atoms with E-state index in [1.165, 1.54) is 0 Å². The summed E-state index contributed by atoms with van der Waals surface area (Å²) in [7, 11) is -2.54. The molecule has 0 aliphatic rings. The molecule has 2 nitrogen and oxygen atoms in total. The van der Waals surface area contributed by atoms with E-state index in [2.05, 4.69) is 46.7 Å². The van der Waals surface area contributed by atoms with Crippen molar-refractivity contribution in [2.75, 3.05) is 0 Å². The lowest BCUT2D eigenvalue weighted by Gasteiger charge is -2.12. The number of aromatic nitrogens is 1. The summed E-state index contributed by atoms with van der Waals surface area (Å²) in [5, 5.41) is 1.74. The molecule has 0 spiro atoms. The molecule has 1 heterocycles. The maximum absolute atomic E-state index is 13.0. The van der Waals surface area contributed by atoms with E-state index in [0.29, 0.717) is 7.71 Å². The molecule has 1 unspecified atom stereocenters. The third kappa shape index (κ3) is 2.74. The third-order valence-corrected chi connectivity index (χ3v) is 11.7. The Bertz CT molecular complexity index is 921. The predicted octanol–water partition coefficient (Wildman–Crippen LogP) is 5.46. The van der Waals surface area contributed by atoms with Gasteiger partial charge in [0.15, 0.2) is 0 Å². The fourth-order valence-electron chi connectivity index (χ4n) is 2.25. The van der Waals surface area contributed by atoms with E-state index >= 15 is 0 Å². The van der Waals surface area contributed by atoms with Gasteiger partial charge in [-0.2, -0.15) is 0 Å². The number of fused-ring (bicyclic) bond motifs is 1. The van der Waals surface area contributed by atoms with Crippen LogP contribution in [0.4, 0.5) is 0 Å². The van der Waals surface area contributed by atoms with Crippen LogP contribution in [-0.4, -0.2) is 11.5 Å². The largest absolute Gasteiger partial charge is 0.302 e. The quantitative estimate of drug-likeness (QED) is 0.344. The summed E-state index contributed by atoms with van der Waals surface area (Å²) in [5.41, 5.74) is 1.99. The molecular formula is C15H10Br3NOS. The first-order valence-corrected chi connectivity index (χ1v) is 11.1. The molecular weight excluding hydrogens is 482 g/mol. The number of rotatable bonds is 2. The molecule has 0 radical (unpaired) electrons. The second kappa shape index (κ2) is 5.91. The Morgan fingerprint density at radius 2 is 1.57 bits per heavy atom. The summed E-state index contributed by atoms with van der Waals surface area (Å²) in [6, 6.07) is 19.8. The maximum Gasteiger partial charge on any atom is 0.129 e. The van der Waals surface area contributed by atoms with E-state index in [-0.39, 0.29) is 0 Å². The first-order valence-electron chi connectivity index (χ1n) is 6.09. The molecule has 1 aromatic heterocycles. The van der Waals surface area contributed by atoms with Gasteiger partial charge in [0.1, 0.15) is 7.71 Å². The average Bonchev–Trinajstić information content (AvgIpc) is 2.88. The highest BCUT2D eigenvalue weighted by Gasteiger charge is 2.20. The molecule has 2 aromatic carbocycles. The fraction of sp³-hybridized carbons (Fsp3) is 0. The zero-order valence-electron chi connectivity index (χ0n) is 10.7. The van der Waals surface area contributed by atoms with Gasteiger partial charge in [0.05, 0.1) is 13.5 Å². The predicted molar refractivity (Wildman–Crippen MR) is 101 cm³/mol. The molecule has 0 fully saturated rings. The number of benzene rings is 2. The van der Waals surface area contributed by atoms with Crippen LogP contribution in [0.15, 0.2) is 65.7 Å². The lowest BCUT2D eigenvalue weighted by molar-refractivity contribution is 0.686. The molecule has 1 atom stereocenters. The zero-order chi connectivity index (χ0) is 15.0. The van der Waals surface area contributed by atoms with E-state index in [1.807, 2.05) is 65.2 Å². The van der Waals surface area contributed by atoms with Crippen molar-refractivity contribution >= 4 is 68.2 Å². The summed E-state index contributed by atoms with van der Waals surface area (Å²) in [6.07, 6.45) is 0. The van der Waals surface area contributed by atoms with Crippen LogP contribution in [-0.2, 0) is 7.96 Å². The normalized spacial score (nSPS) is 14.0. The van der Waals surface area contributed by atoms with Crippen molar-refractivity contribution in [2.24, 2.45) is 0 Å². The molecule has 0 amide bonds. The molecule has 108 valence electrons. The summed E-state index contributed by atoms with van der Waals surface area (Å²) < 4.78 is 15.5. The molecule has 0 saturated carbocycles. The van der Waals surface area contributed by atoms with Crippen LogP contribution >= 0.6 is 46.7 Å². The molecule has 0 saturated heterocycles.